The maximum absolute atomic E-state index is 13.3. The number of unbranched alkanes of at least 4 members (excludes halogenated alkanes) is 25. The Morgan fingerprint density at radius 2 is 0.964 bits per heavy atom. The van der Waals surface area contributed by atoms with Crippen LogP contribution in [0.4, 0.5) is 0 Å². The summed E-state index contributed by atoms with van der Waals surface area (Å²) in [5.41, 5.74) is 0. The molecule has 0 saturated carbocycles. The fraction of sp³-hybridized carbons (Fsp3) is 0.977. The molecular weight excluding hydrogens is 702 g/mol. The van der Waals surface area contributed by atoms with Gasteiger partial charge in [-0.05, 0) is 12.8 Å². The molecule has 0 bridgehead atoms. The number of carbonyl (C=O) groups is 1. The number of hydrogen-bond donors (Lipinski definition) is 6. The molecule has 1 amide bonds. The molecule has 0 aromatic heterocycles. The highest BCUT2D eigenvalue weighted by molar-refractivity contribution is 5.76. The van der Waals surface area contributed by atoms with Crippen LogP contribution in [0.1, 0.15) is 194 Å². The highest BCUT2D eigenvalue weighted by Gasteiger charge is 2.44. The van der Waals surface area contributed by atoms with Crippen LogP contribution in [0.25, 0.3) is 0 Å². The smallest absolute Gasteiger partial charge is 0.222 e. The highest BCUT2D eigenvalue weighted by Crippen LogP contribution is 2.22. The second-order valence-corrected chi connectivity index (χ2v) is 16.3. The summed E-state index contributed by atoms with van der Waals surface area (Å²) >= 11 is 0. The molecule has 2 unspecified atom stereocenters. The van der Waals surface area contributed by atoms with Gasteiger partial charge >= 0.3 is 0 Å². The zero-order valence-electron chi connectivity index (χ0n) is 35.3. The van der Waals surface area contributed by atoms with Gasteiger partial charge in [-0.1, -0.05) is 174 Å². The van der Waals surface area contributed by atoms with Crippen molar-refractivity contribution >= 4 is 5.91 Å². The van der Waals surface area contributed by atoms with Crippen LogP contribution in [0, 0.1) is 0 Å². The van der Waals surface area contributed by atoms with Gasteiger partial charge in [0.2, 0.25) is 5.91 Å². The first kappa shape index (κ1) is 52.1. The Morgan fingerprint density at radius 3 is 1.40 bits per heavy atom. The van der Waals surface area contributed by atoms with E-state index in [1.165, 1.54) is 140 Å². The fourth-order valence-electron chi connectivity index (χ4n) is 7.37. The first-order chi connectivity index (χ1) is 26.7. The minimum absolute atomic E-state index is 0.00707. The van der Waals surface area contributed by atoms with Crippen molar-refractivity contribution in [3.05, 3.63) is 0 Å². The quantitative estimate of drug-likeness (QED) is 0.0347. The molecule has 0 aromatic rings. The van der Waals surface area contributed by atoms with Gasteiger partial charge in [0.1, 0.15) is 24.4 Å². The summed E-state index contributed by atoms with van der Waals surface area (Å²) in [7, 11) is 0. The Balaban J connectivity index is 2.39. The Morgan fingerprint density at radius 1 is 0.564 bits per heavy atom. The normalized spacial score (nSPS) is 21.2. The zero-order valence-corrected chi connectivity index (χ0v) is 35.3. The molecule has 6 N–H and O–H groups in total. The van der Waals surface area contributed by atoms with Gasteiger partial charge in [0.05, 0.1) is 32.0 Å². The summed E-state index contributed by atoms with van der Waals surface area (Å²) in [4.78, 5) is 14.8. The van der Waals surface area contributed by atoms with E-state index in [0.29, 0.717) is 13.0 Å². The molecule has 1 rings (SSSR count). The van der Waals surface area contributed by atoms with E-state index in [0.717, 1.165) is 38.5 Å². The van der Waals surface area contributed by atoms with Crippen LogP contribution in [-0.4, -0.2) is 124 Å². The van der Waals surface area contributed by atoms with Gasteiger partial charge < -0.3 is 49.7 Å². The summed E-state index contributed by atoms with van der Waals surface area (Å²) in [6.45, 7) is 4.13. The van der Waals surface area contributed by atoms with Crippen LogP contribution in [0.15, 0.2) is 0 Å². The van der Waals surface area contributed by atoms with Crippen molar-refractivity contribution in [3.63, 3.8) is 0 Å². The second kappa shape index (κ2) is 36.2. The van der Waals surface area contributed by atoms with Crippen molar-refractivity contribution in [2.45, 2.75) is 237 Å². The van der Waals surface area contributed by atoms with Crippen molar-refractivity contribution in [1.29, 1.82) is 0 Å². The van der Waals surface area contributed by atoms with E-state index in [1.54, 1.807) is 0 Å². The zero-order chi connectivity index (χ0) is 40.4. The minimum Gasteiger partial charge on any atom is -0.394 e. The highest BCUT2D eigenvalue weighted by atomic mass is 16.7. The van der Waals surface area contributed by atoms with Crippen molar-refractivity contribution in [2.24, 2.45) is 0 Å². The fourth-order valence-corrected chi connectivity index (χ4v) is 7.37. The Labute approximate surface area is 335 Å². The van der Waals surface area contributed by atoms with Gasteiger partial charge in [-0.15, -0.1) is 0 Å². The summed E-state index contributed by atoms with van der Waals surface area (Å²) < 4.78 is 16.6. The number of aliphatic hydroxyl groups is 6. The molecule has 1 aliphatic rings. The van der Waals surface area contributed by atoms with Crippen LogP contribution in [-0.2, 0) is 19.0 Å². The predicted octanol–water partition coefficient (Wildman–Crippen LogP) is 7.33. The van der Waals surface area contributed by atoms with Gasteiger partial charge in [-0.3, -0.25) is 4.79 Å². The summed E-state index contributed by atoms with van der Waals surface area (Å²) in [5, 5.41) is 61.4. The summed E-state index contributed by atoms with van der Waals surface area (Å²) in [5.74, 6) is -0.166. The maximum Gasteiger partial charge on any atom is 0.222 e. The number of aliphatic hydroxyl groups excluding tert-OH is 6. The number of rotatable bonds is 39. The monoisotopic (exact) mass is 790 g/mol. The van der Waals surface area contributed by atoms with Gasteiger partial charge in [-0.25, -0.2) is 0 Å². The number of carbonyl (C=O) groups excluding carboxylic acids is 1. The number of nitrogens with zero attached hydrogens (tertiary/aromatic N) is 1. The van der Waals surface area contributed by atoms with Crippen molar-refractivity contribution in [2.75, 3.05) is 39.5 Å². The largest absolute Gasteiger partial charge is 0.394 e. The molecule has 0 aromatic carbocycles. The van der Waals surface area contributed by atoms with Crippen LogP contribution in [0.5, 0.6) is 0 Å². The Bertz CT molecular complexity index is 851. The lowest BCUT2D eigenvalue weighted by Crippen LogP contribution is -2.59. The number of amides is 1. The van der Waals surface area contributed by atoms with Crippen LogP contribution < -0.4 is 0 Å². The van der Waals surface area contributed by atoms with Gasteiger partial charge in [0.15, 0.2) is 6.29 Å². The molecule has 1 aliphatic heterocycles. The molecule has 1 heterocycles. The first-order valence-corrected chi connectivity index (χ1v) is 22.9. The van der Waals surface area contributed by atoms with Crippen molar-refractivity contribution in [1.82, 2.24) is 4.90 Å². The summed E-state index contributed by atoms with van der Waals surface area (Å²) in [6, 6.07) is 0. The number of ether oxygens (including phenoxy) is 3. The molecule has 55 heavy (non-hydrogen) atoms. The second-order valence-electron chi connectivity index (χ2n) is 16.3. The van der Waals surface area contributed by atoms with Crippen LogP contribution >= 0.6 is 0 Å². The molecule has 0 radical (unpaired) electrons. The van der Waals surface area contributed by atoms with Crippen molar-refractivity contribution in [3.8, 4) is 0 Å². The third kappa shape index (κ3) is 27.4. The third-order valence-electron chi connectivity index (χ3n) is 11.0. The molecule has 7 atom stereocenters. The summed E-state index contributed by atoms with van der Waals surface area (Å²) in [6.07, 6.45) is 24.7. The van der Waals surface area contributed by atoms with E-state index < -0.39 is 49.5 Å². The topological polar surface area (TPSA) is 169 Å². The molecule has 11 nitrogen and oxygen atoms in total. The maximum atomic E-state index is 13.3. The lowest BCUT2D eigenvalue weighted by Gasteiger charge is -2.39. The van der Waals surface area contributed by atoms with E-state index in [4.69, 9.17) is 14.2 Å². The average molecular weight is 790 g/mol. The van der Waals surface area contributed by atoms with Gasteiger partial charge in [0, 0.05) is 26.1 Å². The first-order valence-electron chi connectivity index (χ1n) is 22.9. The molecule has 11 heteroatoms. The lowest BCUT2D eigenvalue weighted by atomic mass is 9.99. The van der Waals surface area contributed by atoms with Crippen LogP contribution in [0.2, 0.25) is 0 Å². The third-order valence-corrected chi connectivity index (χ3v) is 11.0. The Hall–Kier alpha value is -0.890. The Kier molecular flexibility index (Phi) is 34.3. The van der Waals surface area contributed by atoms with E-state index in [-0.39, 0.29) is 32.2 Å². The molecule has 0 aliphatic carbocycles. The molecule has 328 valence electrons. The van der Waals surface area contributed by atoms with Crippen molar-refractivity contribution < 1.29 is 49.6 Å². The SMILES string of the molecule is CCCCCCCCCCCCCCCCOCC(O)CN(CC(O)CO[C@@H]1O[C@H](CO)[C@@H](O)[C@H](O)[C@H]1O)C(=O)CCCCCCCCCCCCCCC. The van der Waals surface area contributed by atoms with Crippen LogP contribution in [0.3, 0.4) is 0 Å². The standard InChI is InChI=1S/C44H87NO10/c1-3-5-7-9-11-13-15-17-19-21-23-25-27-29-31-53-35-37(47)32-45(33-38(48)36-54-44-43(52)42(51)41(50)39(34-46)55-44)40(49)30-28-26-24-22-20-18-16-14-12-10-8-6-4-2/h37-39,41-44,46-48,50-52H,3-36H2,1-2H3/t37?,38?,39-,41-,42+,43-,44-/m1/s1. The predicted molar refractivity (Wildman–Crippen MR) is 220 cm³/mol. The van der Waals surface area contributed by atoms with Gasteiger partial charge in [0.25, 0.3) is 0 Å². The van der Waals surface area contributed by atoms with E-state index in [9.17, 15) is 35.4 Å². The number of hydrogen-bond acceptors (Lipinski definition) is 10. The molecule has 0 spiro atoms. The van der Waals surface area contributed by atoms with Gasteiger partial charge in [-0.2, -0.15) is 0 Å². The molecule has 1 fully saturated rings. The average Bonchev–Trinajstić information content (AvgIpc) is 3.18. The molecule has 1 saturated heterocycles. The van der Waals surface area contributed by atoms with E-state index in [1.807, 2.05) is 0 Å². The van der Waals surface area contributed by atoms with E-state index >= 15 is 0 Å². The molecular formula is C44H87NO10. The minimum atomic E-state index is -1.59. The lowest BCUT2D eigenvalue weighted by molar-refractivity contribution is -0.304. The van der Waals surface area contributed by atoms with E-state index in [2.05, 4.69) is 13.8 Å².